The van der Waals surface area contributed by atoms with Crippen LogP contribution in [-0.4, -0.2) is 66.8 Å². The lowest BCUT2D eigenvalue weighted by Gasteiger charge is -2.39. The van der Waals surface area contributed by atoms with Crippen molar-refractivity contribution in [3.8, 4) is 16.3 Å². The van der Waals surface area contributed by atoms with Crippen molar-refractivity contribution in [2.75, 3.05) is 46.0 Å². The maximum absolute atomic E-state index is 5.54. The first-order valence-corrected chi connectivity index (χ1v) is 11.4. The third-order valence-electron chi connectivity index (χ3n) is 5.65. The van der Waals surface area contributed by atoms with Crippen LogP contribution in [0, 0.1) is 0 Å². The summed E-state index contributed by atoms with van der Waals surface area (Å²) in [5.41, 5.74) is 2.37. The highest BCUT2D eigenvalue weighted by Gasteiger charge is 2.26. The molecule has 0 aliphatic carbocycles. The number of hydrogen-bond acceptors (Lipinski definition) is 6. The molecule has 152 valence electrons. The van der Waals surface area contributed by atoms with E-state index in [2.05, 4.69) is 27.3 Å². The number of nitrogens with zero attached hydrogens (tertiary/aromatic N) is 3. The van der Waals surface area contributed by atoms with E-state index in [1.165, 1.54) is 43.6 Å². The Kier molecular flexibility index (Phi) is 6.96. The van der Waals surface area contributed by atoms with Crippen LogP contribution in [0.25, 0.3) is 10.6 Å². The summed E-state index contributed by atoms with van der Waals surface area (Å²) in [6.07, 6.45) is 3.95. The molecule has 6 heteroatoms. The Morgan fingerprint density at radius 1 is 1.14 bits per heavy atom. The molecule has 0 bridgehead atoms. The first kappa shape index (κ1) is 19.8. The number of aromatic nitrogens is 1. The molecule has 2 aromatic rings. The molecule has 2 fully saturated rings. The summed E-state index contributed by atoms with van der Waals surface area (Å²) >= 11 is 1.74. The summed E-state index contributed by atoms with van der Waals surface area (Å²) in [6, 6.07) is 8.92. The molecule has 1 aromatic heterocycles. The van der Waals surface area contributed by atoms with Crippen LogP contribution >= 0.6 is 11.3 Å². The fourth-order valence-corrected chi connectivity index (χ4v) is 4.95. The molecule has 2 aliphatic heterocycles. The summed E-state index contributed by atoms with van der Waals surface area (Å²) in [7, 11) is 0. The number of piperidine rings is 1. The van der Waals surface area contributed by atoms with E-state index in [0.717, 1.165) is 43.6 Å². The molecule has 1 aromatic carbocycles. The Balaban J connectivity index is 1.38. The van der Waals surface area contributed by atoms with E-state index in [1.54, 1.807) is 11.3 Å². The van der Waals surface area contributed by atoms with Crippen molar-refractivity contribution < 1.29 is 9.47 Å². The van der Waals surface area contributed by atoms with Gasteiger partial charge < -0.3 is 9.47 Å². The van der Waals surface area contributed by atoms with Crippen molar-refractivity contribution in [2.45, 2.75) is 38.8 Å². The lowest BCUT2D eigenvalue weighted by atomic mass is 10.0. The van der Waals surface area contributed by atoms with E-state index in [4.69, 9.17) is 14.5 Å². The van der Waals surface area contributed by atoms with Gasteiger partial charge in [-0.05, 0) is 50.6 Å². The Morgan fingerprint density at radius 3 is 2.75 bits per heavy atom. The summed E-state index contributed by atoms with van der Waals surface area (Å²) in [6.45, 7) is 9.92. The summed E-state index contributed by atoms with van der Waals surface area (Å²) in [4.78, 5) is 10.2. The molecule has 1 unspecified atom stereocenters. The highest BCUT2D eigenvalue weighted by molar-refractivity contribution is 7.13. The van der Waals surface area contributed by atoms with Crippen LogP contribution in [0.15, 0.2) is 29.6 Å². The first-order chi connectivity index (χ1) is 13.8. The molecule has 2 aliphatic rings. The predicted molar refractivity (Wildman–Crippen MR) is 114 cm³/mol. The van der Waals surface area contributed by atoms with Crippen molar-refractivity contribution >= 4 is 11.3 Å². The second kappa shape index (κ2) is 9.83. The molecule has 0 saturated carbocycles. The number of thiazole rings is 1. The third kappa shape index (κ3) is 5.11. The molecular weight excluding hydrogens is 370 g/mol. The van der Waals surface area contributed by atoms with Crippen LogP contribution < -0.4 is 4.74 Å². The topological polar surface area (TPSA) is 37.8 Å². The van der Waals surface area contributed by atoms with Gasteiger partial charge in [0.15, 0.2) is 0 Å². The number of benzene rings is 1. The predicted octanol–water partition coefficient (Wildman–Crippen LogP) is 3.90. The van der Waals surface area contributed by atoms with Gasteiger partial charge >= 0.3 is 0 Å². The monoisotopic (exact) mass is 401 g/mol. The number of rotatable bonds is 7. The number of morpholine rings is 1. The smallest absolute Gasteiger partial charge is 0.123 e. The molecular formula is C22H31N3O2S. The van der Waals surface area contributed by atoms with E-state index in [9.17, 15) is 0 Å². The quantitative estimate of drug-likeness (QED) is 0.704. The standard InChI is InChI=1S/C22H31N3O2S/c1-2-27-21-8-6-18(7-9-21)22-23-19(17-28-22)15-25-10-4-3-5-20(25)16-24-11-13-26-14-12-24/h6-9,17,20H,2-5,10-16H2,1H3. The molecule has 1 atom stereocenters. The van der Waals surface area contributed by atoms with Gasteiger partial charge in [-0.1, -0.05) is 6.42 Å². The lowest BCUT2D eigenvalue weighted by Crippen LogP contribution is -2.49. The highest BCUT2D eigenvalue weighted by Crippen LogP contribution is 2.27. The van der Waals surface area contributed by atoms with E-state index in [1.807, 2.05) is 19.1 Å². The molecule has 5 nitrogen and oxygen atoms in total. The Morgan fingerprint density at radius 2 is 1.96 bits per heavy atom. The molecule has 4 rings (SSSR count). The average molecular weight is 402 g/mol. The van der Waals surface area contributed by atoms with Crippen molar-refractivity contribution in [1.29, 1.82) is 0 Å². The van der Waals surface area contributed by atoms with Gasteiger partial charge in [0.05, 0.1) is 25.5 Å². The van der Waals surface area contributed by atoms with Gasteiger partial charge in [-0.3, -0.25) is 9.80 Å². The minimum Gasteiger partial charge on any atom is -0.494 e. The van der Waals surface area contributed by atoms with Gasteiger partial charge in [0.25, 0.3) is 0 Å². The van der Waals surface area contributed by atoms with Crippen molar-refractivity contribution in [3.05, 3.63) is 35.3 Å². The summed E-state index contributed by atoms with van der Waals surface area (Å²) in [5, 5.41) is 3.33. The Labute approximate surface area is 172 Å². The van der Waals surface area contributed by atoms with Gasteiger partial charge in [0.1, 0.15) is 10.8 Å². The zero-order valence-electron chi connectivity index (χ0n) is 16.8. The van der Waals surface area contributed by atoms with E-state index >= 15 is 0 Å². The van der Waals surface area contributed by atoms with Crippen LogP contribution in [0.3, 0.4) is 0 Å². The SMILES string of the molecule is CCOc1ccc(-c2nc(CN3CCCCC3CN3CCOCC3)cs2)cc1. The second-order valence-corrected chi connectivity index (χ2v) is 8.49. The van der Waals surface area contributed by atoms with Gasteiger partial charge in [-0.25, -0.2) is 4.98 Å². The van der Waals surface area contributed by atoms with Crippen LogP contribution in [0.4, 0.5) is 0 Å². The molecule has 0 spiro atoms. The number of likely N-dealkylation sites (tertiary alicyclic amines) is 1. The second-order valence-electron chi connectivity index (χ2n) is 7.63. The summed E-state index contributed by atoms with van der Waals surface area (Å²) < 4.78 is 11.0. The minimum absolute atomic E-state index is 0.641. The zero-order valence-corrected chi connectivity index (χ0v) is 17.6. The molecule has 0 radical (unpaired) electrons. The minimum atomic E-state index is 0.641. The maximum Gasteiger partial charge on any atom is 0.123 e. The first-order valence-electron chi connectivity index (χ1n) is 10.5. The Bertz CT molecular complexity index is 728. The largest absolute Gasteiger partial charge is 0.494 e. The van der Waals surface area contributed by atoms with Crippen molar-refractivity contribution in [2.24, 2.45) is 0 Å². The van der Waals surface area contributed by atoms with Crippen LogP contribution in [0.1, 0.15) is 31.9 Å². The number of ether oxygens (including phenoxy) is 2. The average Bonchev–Trinajstić information content (AvgIpc) is 3.20. The van der Waals surface area contributed by atoms with E-state index < -0.39 is 0 Å². The van der Waals surface area contributed by atoms with Gasteiger partial charge in [0.2, 0.25) is 0 Å². The van der Waals surface area contributed by atoms with Gasteiger partial charge in [-0.2, -0.15) is 0 Å². The Hall–Kier alpha value is -1.47. The normalized spacial score (nSPS) is 21.7. The van der Waals surface area contributed by atoms with Crippen LogP contribution in [-0.2, 0) is 11.3 Å². The molecule has 3 heterocycles. The van der Waals surface area contributed by atoms with Crippen LogP contribution in [0.2, 0.25) is 0 Å². The fourth-order valence-electron chi connectivity index (χ4n) is 4.14. The maximum atomic E-state index is 5.54. The van der Waals surface area contributed by atoms with Gasteiger partial charge in [0, 0.05) is 43.2 Å². The zero-order chi connectivity index (χ0) is 19.2. The summed E-state index contributed by atoms with van der Waals surface area (Å²) in [5.74, 6) is 0.919. The van der Waals surface area contributed by atoms with Gasteiger partial charge in [-0.15, -0.1) is 11.3 Å². The molecule has 0 N–H and O–H groups in total. The molecule has 28 heavy (non-hydrogen) atoms. The molecule has 2 saturated heterocycles. The molecule has 0 amide bonds. The third-order valence-corrected chi connectivity index (χ3v) is 6.59. The highest BCUT2D eigenvalue weighted by atomic mass is 32.1. The van der Waals surface area contributed by atoms with Crippen molar-refractivity contribution in [1.82, 2.24) is 14.8 Å². The van der Waals surface area contributed by atoms with Crippen LogP contribution in [0.5, 0.6) is 5.75 Å². The van der Waals surface area contributed by atoms with E-state index in [-0.39, 0.29) is 0 Å². The van der Waals surface area contributed by atoms with E-state index in [0.29, 0.717) is 12.6 Å². The number of hydrogen-bond donors (Lipinski definition) is 0. The lowest BCUT2D eigenvalue weighted by molar-refractivity contribution is 0.0151. The van der Waals surface area contributed by atoms with Crippen molar-refractivity contribution in [3.63, 3.8) is 0 Å². The fraction of sp³-hybridized carbons (Fsp3) is 0.591.